The van der Waals surface area contributed by atoms with E-state index < -0.39 is 12.2 Å². The number of carbonyl (C=O) groups is 2. The van der Waals surface area contributed by atoms with Crippen LogP contribution in [-0.4, -0.2) is 57.7 Å². The average molecular weight is 260 g/mol. The molecule has 1 N–H and O–H groups in total. The van der Waals surface area contributed by atoms with Crippen molar-refractivity contribution in [2.24, 2.45) is 0 Å². The van der Waals surface area contributed by atoms with Gasteiger partial charge in [-0.2, -0.15) is 0 Å². The summed E-state index contributed by atoms with van der Waals surface area (Å²) in [5, 5.41) is 2.30. The van der Waals surface area contributed by atoms with Gasteiger partial charge in [-0.3, -0.25) is 0 Å². The maximum absolute atomic E-state index is 11.4. The third kappa shape index (κ3) is 8.40. The van der Waals surface area contributed by atoms with E-state index in [2.05, 4.69) is 11.9 Å². The minimum absolute atomic E-state index is 0.0951. The van der Waals surface area contributed by atoms with Crippen LogP contribution in [0.5, 0.6) is 0 Å². The van der Waals surface area contributed by atoms with E-state index in [1.807, 2.05) is 6.92 Å². The first-order chi connectivity index (χ1) is 8.47. The van der Waals surface area contributed by atoms with Crippen molar-refractivity contribution >= 4 is 12.2 Å². The highest BCUT2D eigenvalue weighted by atomic mass is 16.7. The lowest BCUT2D eigenvalue weighted by Crippen LogP contribution is -2.32. The first-order valence-corrected chi connectivity index (χ1v) is 5.42. The topological polar surface area (TPSA) is 77.1 Å². The number of nitrogens with one attached hydrogen (secondary N) is 1. The molecular weight excluding hydrogens is 240 g/mol. The van der Waals surface area contributed by atoms with Gasteiger partial charge in [-0.05, 0) is 6.92 Å². The van der Waals surface area contributed by atoms with E-state index in [1.165, 1.54) is 19.0 Å². The number of alkyl carbamates (subject to hydrolysis) is 1. The van der Waals surface area contributed by atoms with Crippen molar-refractivity contribution in [2.75, 3.05) is 40.6 Å². The molecule has 0 spiro atoms. The Balaban J connectivity index is 3.63. The maximum atomic E-state index is 11.4. The molecule has 0 aromatic rings. The van der Waals surface area contributed by atoms with E-state index in [4.69, 9.17) is 14.2 Å². The van der Waals surface area contributed by atoms with Crippen molar-refractivity contribution in [2.45, 2.75) is 6.92 Å². The van der Waals surface area contributed by atoms with Gasteiger partial charge in [0, 0.05) is 14.1 Å². The normalized spacial score (nSPS) is 9.50. The zero-order valence-electron chi connectivity index (χ0n) is 11.0. The van der Waals surface area contributed by atoms with Gasteiger partial charge in [0.25, 0.3) is 0 Å². The van der Waals surface area contributed by atoms with E-state index in [0.29, 0.717) is 6.61 Å². The Bertz CT molecular complexity index is 293. The van der Waals surface area contributed by atoms with Crippen molar-refractivity contribution in [3.63, 3.8) is 0 Å². The molecule has 0 aliphatic carbocycles. The molecule has 7 heteroatoms. The fourth-order valence-electron chi connectivity index (χ4n) is 0.857. The van der Waals surface area contributed by atoms with Gasteiger partial charge in [0.05, 0.1) is 13.2 Å². The molecule has 0 fully saturated rings. The third-order valence-electron chi connectivity index (χ3n) is 1.79. The van der Waals surface area contributed by atoms with Crippen LogP contribution < -0.4 is 5.32 Å². The highest BCUT2D eigenvalue weighted by molar-refractivity contribution is 5.67. The number of hydrogen-bond acceptors (Lipinski definition) is 5. The summed E-state index contributed by atoms with van der Waals surface area (Å²) in [6, 6.07) is 0. The molecule has 0 rings (SSSR count). The van der Waals surface area contributed by atoms with Gasteiger partial charge in [-0.15, -0.1) is 0 Å². The summed E-state index contributed by atoms with van der Waals surface area (Å²) in [5.74, 6) is 0. The van der Waals surface area contributed by atoms with Crippen molar-refractivity contribution in [3.05, 3.63) is 12.2 Å². The molecule has 0 aliphatic rings. The molecule has 104 valence electrons. The molecular formula is C11H20N2O5. The molecule has 18 heavy (non-hydrogen) atoms. The largest absolute Gasteiger partial charge is 0.448 e. The summed E-state index contributed by atoms with van der Waals surface area (Å²) in [6.07, 6.45) is -1.08. The van der Waals surface area contributed by atoms with Gasteiger partial charge in [-0.25, -0.2) is 9.59 Å². The molecule has 0 unspecified atom stereocenters. The number of carbonyl (C=O) groups excluding carboxylic acids is 2. The summed E-state index contributed by atoms with van der Waals surface area (Å²) in [5.41, 5.74) is 0.846. The number of nitrogens with zero attached hydrogens (tertiary/aromatic N) is 1. The fraction of sp³-hybridized carbons (Fsp3) is 0.636. The van der Waals surface area contributed by atoms with Gasteiger partial charge in [0.15, 0.2) is 6.79 Å². The highest BCUT2D eigenvalue weighted by Gasteiger charge is 2.10. The molecule has 2 amide bonds. The Labute approximate surface area is 107 Å². The van der Waals surface area contributed by atoms with Crippen molar-refractivity contribution < 1.29 is 23.8 Å². The molecule has 0 aromatic carbocycles. The lowest BCUT2D eigenvalue weighted by atomic mass is 10.4. The monoisotopic (exact) mass is 260 g/mol. The molecule has 0 aliphatic heterocycles. The van der Waals surface area contributed by atoms with Crippen LogP contribution in [0.4, 0.5) is 9.59 Å². The van der Waals surface area contributed by atoms with Crippen LogP contribution in [-0.2, 0) is 14.2 Å². The third-order valence-corrected chi connectivity index (χ3v) is 1.79. The van der Waals surface area contributed by atoms with Crippen LogP contribution in [0.25, 0.3) is 0 Å². The molecule has 0 radical (unpaired) electrons. The molecule has 0 heterocycles. The van der Waals surface area contributed by atoms with Crippen molar-refractivity contribution in [3.8, 4) is 0 Å². The van der Waals surface area contributed by atoms with E-state index in [1.54, 1.807) is 0 Å². The fourth-order valence-corrected chi connectivity index (χ4v) is 0.857. The van der Waals surface area contributed by atoms with Gasteiger partial charge in [0.2, 0.25) is 0 Å². The summed E-state index contributed by atoms with van der Waals surface area (Å²) in [6.45, 7) is 6.00. The van der Waals surface area contributed by atoms with Gasteiger partial charge in [-0.1, -0.05) is 12.2 Å². The molecule has 0 atom stereocenters. The van der Waals surface area contributed by atoms with Crippen LogP contribution in [0.2, 0.25) is 0 Å². The maximum Gasteiger partial charge on any atom is 0.411 e. The van der Waals surface area contributed by atoms with Crippen LogP contribution in [0.1, 0.15) is 6.92 Å². The zero-order chi connectivity index (χ0) is 14.0. The van der Waals surface area contributed by atoms with Crippen LogP contribution in [0, 0.1) is 0 Å². The average Bonchev–Trinajstić information content (AvgIpc) is 2.33. The van der Waals surface area contributed by atoms with Crippen LogP contribution in [0.3, 0.4) is 0 Å². The lowest BCUT2D eigenvalue weighted by Gasteiger charge is -2.16. The second kappa shape index (κ2) is 9.29. The van der Waals surface area contributed by atoms with Crippen molar-refractivity contribution in [1.82, 2.24) is 10.2 Å². The van der Waals surface area contributed by atoms with E-state index >= 15 is 0 Å². The molecule has 0 bridgehead atoms. The number of amides is 2. The van der Waals surface area contributed by atoms with Crippen LogP contribution in [0.15, 0.2) is 12.2 Å². The number of rotatable bonds is 7. The predicted molar refractivity (Wildman–Crippen MR) is 65.2 cm³/mol. The summed E-state index contributed by atoms with van der Waals surface area (Å²) >= 11 is 0. The lowest BCUT2D eigenvalue weighted by molar-refractivity contribution is -0.0184. The van der Waals surface area contributed by atoms with Gasteiger partial charge < -0.3 is 24.4 Å². The standard InChI is InChI=1S/C11H20N2O5/c1-9(2)7-16-8-18-11(15)13(4)5-6-17-10(14)12-3/h1,5-8H2,2-4H3,(H,12,14). The summed E-state index contributed by atoms with van der Waals surface area (Å²) < 4.78 is 14.5. The zero-order valence-corrected chi connectivity index (χ0v) is 11.0. The first kappa shape index (κ1) is 16.2. The smallest absolute Gasteiger partial charge is 0.411 e. The second-order valence-electron chi connectivity index (χ2n) is 3.64. The number of likely N-dealkylation sites (N-methyl/N-ethyl adjacent to an activating group) is 1. The Hall–Kier alpha value is -1.76. The Morgan fingerprint density at radius 1 is 1.33 bits per heavy atom. The minimum Gasteiger partial charge on any atom is -0.448 e. The predicted octanol–water partition coefficient (Wildman–Crippen LogP) is 0.961. The van der Waals surface area contributed by atoms with Gasteiger partial charge in [0.1, 0.15) is 6.61 Å². The van der Waals surface area contributed by atoms with Crippen LogP contribution >= 0.6 is 0 Å². The first-order valence-electron chi connectivity index (χ1n) is 5.42. The number of ether oxygens (including phenoxy) is 3. The van der Waals surface area contributed by atoms with E-state index in [9.17, 15) is 9.59 Å². The molecule has 0 saturated carbocycles. The summed E-state index contributed by atoms with van der Waals surface area (Å²) in [7, 11) is 2.99. The molecule has 0 aromatic heterocycles. The Morgan fingerprint density at radius 3 is 2.56 bits per heavy atom. The quantitative estimate of drug-likeness (QED) is 0.419. The van der Waals surface area contributed by atoms with E-state index in [0.717, 1.165) is 5.57 Å². The Morgan fingerprint density at radius 2 is 2.00 bits per heavy atom. The SMILES string of the molecule is C=C(C)COCOC(=O)N(C)CCOC(=O)NC. The van der Waals surface area contributed by atoms with Gasteiger partial charge >= 0.3 is 12.2 Å². The second-order valence-corrected chi connectivity index (χ2v) is 3.64. The number of hydrogen-bond donors (Lipinski definition) is 1. The Kier molecular flexibility index (Phi) is 8.38. The minimum atomic E-state index is -0.544. The summed E-state index contributed by atoms with van der Waals surface area (Å²) in [4.78, 5) is 23.4. The molecule has 0 saturated heterocycles. The van der Waals surface area contributed by atoms with Crippen molar-refractivity contribution in [1.29, 1.82) is 0 Å². The van der Waals surface area contributed by atoms with E-state index in [-0.39, 0.29) is 19.9 Å². The molecule has 7 nitrogen and oxygen atoms in total. The highest BCUT2D eigenvalue weighted by Crippen LogP contribution is 1.93.